The lowest BCUT2D eigenvalue weighted by atomic mass is 10.2. The molecule has 0 atom stereocenters. The maximum Gasteiger partial charge on any atom is 0.237 e. The van der Waals surface area contributed by atoms with Crippen LogP contribution in [0.2, 0.25) is 0 Å². The SMILES string of the molecule is Cc1ccc(C#N)c(Oc2ccc(C#N)cc2F)n1. The Hall–Kier alpha value is -2.92. The number of aromatic nitrogens is 1. The summed E-state index contributed by atoms with van der Waals surface area (Å²) in [6, 6.07) is 10.8. The van der Waals surface area contributed by atoms with Crippen molar-refractivity contribution in [2.75, 3.05) is 0 Å². The second-order valence-corrected chi connectivity index (χ2v) is 3.78. The van der Waals surface area contributed by atoms with Crippen LogP contribution in [-0.2, 0) is 0 Å². The molecule has 0 saturated carbocycles. The van der Waals surface area contributed by atoms with Crippen LogP contribution in [0.5, 0.6) is 11.6 Å². The van der Waals surface area contributed by atoms with E-state index in [0.29, 0.717) is 5.69 Å². The van der Waals surface area contributed by atoms with E-state index in [1.807, 2.05) is 12.1 Å². The molecule has 1 heterocycles. The van der Waals surface area contributed by atoms with Crippen LogP contribution in [0.15, 0.2) is 30.3 Å². The van der Waals surface area contributed by atoms with Crippen molar-refractivity contribution >= 4 is 0 Å². The first-order chi connectivity index (χ1) is 9.13. The molecule has 0 unspecified atom stereocenters. The highest BCUT2D eigenvalue weighted by Gasteiger charge is 2.11. The van der Waals surface area contributed by atoms with E-state index in [1.165, 1.54) is 12.1 Å². The molecule has 5 heteroatoms. The number of halogens is 1. The van der Waals surface area contributed by atoms with Gasteiger partial charge in [0.2, 0.25) is 5.88 Å². The fourth-order valence-corrected chi connectivity index (χ4v) is 1.45. The minimum atomic E-state index is -0.675. The van der Waals surface area contributed by atoms with Gasteiger partial charge in [-0.25, -0.2) is 9.37 Å². The summed E-state index contributed by atoms with van der Waals surface area (Å²) in [7, 11) is 0. The molecule has 2 aromatic rings. The van der Waals surface area contributed by atoms with Crippen LogP contribution < -0.4 is 4.74 Å². The van der Waals surface area contributed by atoms with Gasteiger partial charge in [0.05, 0.1) is 11.6 Å². The minimum absolute atomic E-state index is 0.0473. The molecule has 19 heavy (non-hydrogen) atoms. The highest BCUT2D eigenvalue weighted by molar-refractivity contribution is 5.43. The number of nitriles is 2. The lowest BCUT2D eigenvalue weighted by Crippen LogP contribution is -1.96. The largest absolute Gasteiger partial charge is 0.435 e. The maximum atomic E-state index is 13.7. The first kappa shape index (κ1) is 12.5. The van der Waals surface area contributed by atoms with Gasteiger partial charge in [0.1, 0.15) is 11.6 Å². The molecule has 1 aromatic carbocycles. The standard InChI is InChI=1S/C14H8FN3O/c1-9-2-4-11(8-17)14(18-9)19-13-5-3-10(7-16)6-12(13)15/h2-6H,1H3. The van der Waals surface area contributed by atoms with Gasteiger partial charge in [-0.1, -0.05) is 0 Å². The summed E-state index contributed by atoms with van der Waals surface area (Å²) >= 11 is 0. The second kappa shape index (κ2) is 5.16. The highest BCUT2D eigenvalue weighted by atomic mass is 19.1. The molecule has 92 valence electrons. The van der Waals surface area contributed by atoms with Crippen LogP contribution in [0.4, 0.5) is 4.39 Å². The van der Waals surface area contributed by atoms with Crippen LogP contribution in [0.1, 0.15) is 16.8 Å². The van der Waals surface area contributed by atoms with E-state index in [-0.39, 0.29) is 22.8 Å². The molecule has 0 aliphatic carbocycles. The zero-order valence-electron chi connectivity index (χ0n) is 10.0. The van der Waals surface area contributed by atoms with E-state index in [1.54, 1.807) is 19.1 Å². The normalized spacial score (nSPS) is 9.47. The van der Waals surface area contributed by atoms with E-state index in [2.05, 4.69) is 4.98 Å². The molecule has 0 saturated heterocycles. The fourth-order valence-electron chi connectivity index (χ4n) is 1.45. The Morgan fingerprint density at radius 1 is 1.16 bits per heavy atom. The maximum absolute atomic E-state index is 13.7. The molecule has 0 bridgehead atoms. The Labute approximate surface area is 109 Å². The Morgan fingerprint density at radius 2 is 1.95 bits per heavy atom. The third kappa shape index (κ3) is 2.67. The molecule has 4 nitrogen and oxygen atoms in total. The first-order valence-corrected chi connectivity index (χ1v) is 5.39. The summed E-state index contributed by atoms with van der Waals surface area (Å²) in [5.41, 5.74) is 1.07. The summed E-state index contributed by atoms with van der Waals surface area (Å²) in [5, 5.41) is 17.6. The Balaban J connectivity index is 2.40. The fraction of sp³-hybridized carbons (Fsp3) is 0.0714. The first-order valence-electron chi connectivity index (χ1n) is 5.39. The van der Waals surface area contributed by atoms with Crippen molar-refractivity contribution in [1.29, 1.82) is 10.5 Å². The van der Waals surface area contributed by atoms with Gasteiger partial charge >= 0.3 is 0 Å². The van der Waals surface area contributed by atoms with E-state index in [0.717, 1.165) is 6.07 Å². The number of rotatable bonds is 2. The van der Waals surface area contributed by atoms with E-state index in [9.17, 15) is 4.39 Å². The van der Waals surface area contributed by atoms with Crippen molar-refractivity contribution in [3.8, 4) is 23.8 Å². The van der Waals surface area contributed by atoms with Crippen molar-refractivity contribution in [2.24, 2.45) is 0 Å². The minimum Gasteiger partial charge on any atom is -0.435 e. The predicted molar refractivity (Wildman–Crippen MR) is 64.9 cm³/mol. The quantitative estimate of drug-likeness (QED) is 0.824. The summed E-state index contributed by atoms with van der Waals surface area (Å²) in [4.78, 5) is 4.05. The molecule has 0 fully saturated rings. The topological polar surface area (TPSA) is 69.7 Å². The van der Waals surface area contributed by atoms with Crippen molar-refractivity contribution in [3.05, 3.63) is 53.0 Å². The van der Waals surface area contributed by atoms with Crippen LogP contribution in [0, 0.1) is 35.4 Å². The van der Waals surface area contributed by atoms with Crippen molar-refractivity contribution in [2.45, 2.75) is 6.92 Å². The summed E-state index contributed by atoms with van der Waals surface area (Å²) in [6.07, 6.45) is 0. The zero-order valence-corrected chi connectivity index (χ0v) is 10.0. The number of hydrogen-bond donors (Lipinski definition) is 0. The van der Waals surface area contributed by atoms with E-state index in [4.69, 9.17) is 15.3 Å². The highest BCUT2D eigenvalue weighted by Crippen LogP contribution is 2.26. The smallest absolute Gasteiger partial charge is 0.237 e. The van der Waals surface area contributed by atoms with Crippen molar-refractivity contribution in [3.63, 3.8) is 0 Å². The number of pyridine rings is 1. The third-order valence-electron chi connectivity index (χ3n) is 2.39. The van der Waals surface area contributed by atoms with Gasteiger partial charge in [-0.2, -0.15) is 10.5 Å². The van der Waals surface area contributed by atoms with Crippen LogP contribution >= 0.6 is 0 Å². The van der Waals surface area contributed by atoms with Crippen LogP contribution in [0.3, 0.4) is 0 Å². The number of benzene rings is 1. The number of ether oxygens (including phenoxy) is 1. The number of nitrogens with zero attached hydrogens (tertiary/aromatic N) is 3. The predicted octanol–water partition coefficient (Wildman–Crippen LogP) is 3.06. The Morgan fingerprint density at radius 3 is 2.58 bits per heavy atom. The van der Waals surface area contributed by atoms with Gasteiger partial charge in [0.25, 0.3) is 0 Å². The summed E-state index contributed by atoms with van der Waals surface area (Å²) in [5.74, 6) is -0.703. The molecule has 0 aliphatic rings. The van der Waals surface area contributed by atoms with Crippen molar-refractivity contribution < 1.29 is 9.13 Å². The third-order valence-corrected chi connectivity index (χ3v) is 2.39. The summed E-state index contributed by atoms with van der Waals surface area (Å²) in [6.45, 7) is 1.74. The zero-order chi connectivity index (χ0) is 13.8. The average molecular weight is 253 g/mol. The van der Waals surface area contributed by atoms with Crippen molar-refractivity contribution in [1.82, 2.24) is 4.98 Å². The molecular weight excluding hydrogens is 245 g/mol. The van der Waals surface area contributed by atoms with Gasteiger partial charge in [0.15, 0.2) is 11.6 Å². The summed E-state index contributed by atoms with van der Waals surface area (Å²) < 4.78 is 19.0. The molecule has 2 rings (SSSR count). The van der Waals surface area contributed by atoms with Gasteiger partial charge in [0, 0.05) is 5.69 Å². The number of hydrogen-bond acceptors (Lipinski definition) is 4. The monoisotopic (exact) mass is 253 g/mol. The molecule has 0 radical (unpaired) electrons. The molecule has 0 N–H and O–H groups in total. The molecule has 0 aliphatic heterocycles. The number of aryl methyl sites for hydroxylation is 1. The van der Waals surface area contributed by atoms with E-state index >= 15 is 0 Å². The van der Waals surface area contributed by atoms with E-state index < -0.39 is 5.82 Å². The van der Waals surface area contributed by atoms with Gasteiger partial charge in [-0.15, -0.1) is 0 Å². The molecule has 1 aromatic heterocycles. The van der Waals surface area contributed by atoms with Gasteiger partial charge in [-0.3, -0.25) is 0 Å². The van der Waals surface area contributed by atoms with Crippen LogP contribution in [0.25, 0.3) is 0 Å². The molecular formula is C14H8FN3O. The Kier molecular flexibility index (Phi) is 3.40. The molecule has 0 amide bonds. The molecule has 0 spiro atoms. The van der Waals surface area contributed by atoms with Gasteiger partial charge < -0.3 is 4.74 Å². The second-order valence-electron chi connectivity index (χ2n) is 3.78. The average Bonchev–Trinajstić information content (AvgIpc) is 2.41. The van der Waals surface area contributed by atoms with Crippen LogP contribution in [-0.4, -0.2) is 4.98 Å². The van der Waals surface area contributed by atoms with Gasteiger partial charge in [-0.05, 0) is 37.3 Å². The lowest BCUT2D eigenvalue weighted by molar-refractivity contribution is 0.425. The lowest BCUT2D eigenvalue weighted by Gasteiger charge is -2.07. The Bertz CT molecular complexity index is 714.